The molecule has 0 atom stereocenters. The van der Waals surface area contributed by atoms with E-state index in [2.05, 4.69) is 5.16 Å². The maximum absolute atomic E-state index is 9.29. The highest BCUT2D eigenvalue weighted by molar-refractivity contribution is 6.35. The van der Waals surface area contributed by atoms with Crippen LogP contribution in [0, 0.1) is 0 Å². The Morgan fingerprint density at radius 1 is 1.25 bits per heavy atom. The van der Waals surface area contributed by atoms with E-state index in [4.69, 9.17) is 37.2 Å². The van der Waals surface area contributed by atoms with E-state index in [1.807, 2.05) is 0 Å². The van der Waals surface area contributed by atoms with Crippen molar-refractivity contribution in [3.8, 4) is 5.75 Å². The molecular weight excluding hydrogens is 305 g/mol. The average Bonchev–Trinajstić information content (AvgIpc) is 2.85. The molecule has 0 fully saturated rings. The van der Waals surface area contributed by atoms with Gasteiger partial charge in [0.2, 0.25) is 0 Å². The highest BCUT2D eigenvalue weighted by Crippen LogP contribution is 2.33. The largest absolute Gasteiger partial charge is 0.485 e. The minimum atomic E-state index is -0.219. The Morgan fingerprint density at radius 2 is 2.05 bits per heavy atom. The van der Waals surface area contributed by atoms with Crippen molar-refractivity contribution in [3.63, 3.8) is 0 Å². The van der Waals surface area contributed by atoms with Gasteiger partial charge in [-0.05, 0) is 12.1 Å². The van der Waals surface area contributed by atoms with Gasteiger partial charge in [0.1, 0.15) is 24.7 Å². The van der Waals surface area contributed by atoms with Crippen molar-refractivity contribution in [2.75, 3.05) is 7.11 Å². The number of methoxy groups -OCH3 is 1. The van der Waals surface area contributed by atoms with Gasteiger partial charge in [-0.15, -0.1) is 0 Å². The van der Waals surface area contributed by atoms with Crippen LogP contribution in [-0.4, -0.2) is 17.4 Å². The molecule has 7 heteroatoms. The molecule has 1 aromatic carbocycles. The Labute approximate surface area is 126 Å². The van der Waals surface area contributed by atoms with Crippen LogP contribution >= 0.6 is 23.2 Å². The van der Waals surface area contributed by atoms with Gasteiger partial charge < -0.3 is 19.1 Å². The summed E-state index contributed by atoms with van der Waals surface area (Å²) in [6.45, 7) is 0.293. The Balaban J connectivity index is 2.10. The van der Waals surface area contributed by atoms with Gasteiger partial charge in [0.25, 0.3) is 0 Å². The number of halogens is 2. The van der Waals surface area contributed by atoms with Gasteiger partial charge in [0.05, 0.1) is 11.6 Å². The van der Waals surface area contributed by atoms with Crippen molar-refractivity contribution in [1.29, 1.82) is 0 Å². The molecule has 1 heterocycles. The minimum Gasteiger partial charge on any atom is -0.485 e. The zero-order chi connectivity index (χ0) is 14.5. The number of ether oxygens (including phenoxy) is 2. The SMILES string of the molecule is COCc1cc(COc2c(Cl)cc(Cl)cc2CO)no1. The van der Waals surface area contributed by atoms with E-state index in [1.165, 1.54) is 0 Å². The van der Waals surface area contributed by atoms with Crippen molar-refractivity contribution in [2.24, 2.45) is 0 Å². The molecule has 0 spiro atoms. The van der Waals surface area contributed by atoms with Crippen LogP contribution in [0.1, 0.15) is 17.0 Å². The second-order valence-electron chi connectivity index (χ2n) is 4.04. The van der Waals surface area contributed by atoms with Crippen molar-refractivity contribution in [2.45, 2.75) is 19.8 Å². The van der Waals surface area contributed by atoms with Gasteiger partial charge >= 0.3 is 0 Å². The van der Waals surface area contributed by atoms with Crippen LogP contribution in [0.15, 0.2) is 22.7 Å². The molecule has 2 rings (SSSR count). The van der Waals surface area contributed by atoms with E-state index >= 15 is 0 Å². The average molecular weight is 318 g/mol. The molecule has 5 nitrogen and oxygen atoms in total. The lowest BCUT2D eigenvalue weighted by atomic mass is 10.2. The summed E-state index contributed by atoms with van der Waals surface area (Å²) in [6.07, 6.45) is 0. The summed E-state index contributed by atoms with van der Waals surface area (Å²) in [5, 5.41) is 13.9. The van der Waals surface area contributed by atoms with E-state index < -0.39 is 0 Å². The normalized spacial score (nSPS) is 10.8. The van der Waals surface area contributed by atoms with E-state index in [-0.39, 0.29) is 13.2 Å². The van der Waals surface area contributed by atoms with Gasteiger partial charge in [-0.1, -0.05) is 28.4 Å². The summed E-state index contributed by atoms with van der Waals surface area (Å²) in [6, 6.07) is 4.88. The quantitative estimate of drug-likeness (QED) is 0.886. The number of hydrogen-bond donors (Lipinski definition) is 1. The van der Waals surface area contributed by atoms with Crippen molar-refractivity contribution in [3.05, 3.63) is 45.3 Å². The third kappa shape index (κ3) is 3.64. The number of aliphatic hydroxyl groups excluding tert-OH is 1. The van der Waals surface area contributed by atoms with Crippen LogP contribution in [0.5, 0.6) is 5.75 Å². The van der Waals surface area contributed by atoms with Crippen LogP contribution < -0.4 is 4.74 Å². The lowest BCUT2D eigenvalue weighted by Gasteiger charge is -2.11. The van der Waals surface area contributed by atoms with Crippen molar-refractivity contribution < 1.29 is 19.1 Å². The third-order valence-corrected chi connectivity index (χ3v) is 3.01. The number of nitrogens with zero attached hydrogens (tertiary/aromatic N) is 1. The predicted molar refractivity (Wildman–Crippen MR) is 73.9 cm³/mol. The molecule has 1 N–H and O–H groups in total. The van der Waals surface area contributed by atoms with Crippen LogP contribution in [0.25, 0.3) is 0 Å². The molecule has 20 heavy (non-hydrogen) atoms. The molecule has 0 aliphatic heterocycles. The molecule has 0 saturated heterocycles. The van der Waals surface area contributed by atoms with E-state index in [1.54, 1.807) is 25.3 Å². The highest BCUT2D eigenvalue weighted by atomic mass is 35.5. The van der Waals surface area contributed by atoms with Crippen LogP contribution in [0.2, 0.25) is 10.0 Å². The highest BCUT2D eigenvalue weighted by Gasteiger charge is 2.12. The molecule has 0 saturated carbocycles. The monoisotopic (exact) mass is 317 g/mol. The van der Waals surface area contributed by atoms with Crippen LogP contribution in [0.4, 0.5) is 0 Å². The zero-order valence-corrected chi connectivity index (χ0v) is 12.2. The number of rotatable bonds is 6. The molecule has 108 valence electrons. The van der Waals surface area contributed by atoms with Crippen LogP contribution in [-0.2, 0) is 24.6 Å². The van der Waals surface area contributed by atoms with Gasteiger partial charge in [-0.2, -0.15) is 0 Å². The topological polar surface area (TPSA) is 64.7 Å². The number of hydrogen-bond acceptors (Lipinski definition) is 5. The lowest BCUT2D eigenvalue weighted by Crippen LogP contribution is -2.00. The van der Waals surface area contributed by atoms with Crippen molar-refractivity contribution >= 4 is 23.2 Å². The summed E-state index contributed by atoms with van der Waals surface area (Å²) in [5.41, 5.74) is 1.12. The lowest BCUT2D eigenvalue weighted by molar-refractivity contribution is 0.155. The first-order valence-corrected chi connectivity index (χ1v) is 6.54. The second kappa shape index (κ2) is 6.95. The number of benzene rings is 1. The molecule has 0 bridgehead atoms. The van der Waals surface area contributed by atoms with Gasteiger partial charge in [-0.25, -0.2) is 0 Å². The molecule has 0 radical (unpaired) electrons. The van der Waals surface area contributed by atoms with Gasteiger partial charge in [0.15, 0.2) is 5.76 Å². The molecule has 0 unspecified atom stereocenters. The molecule has 0 aliphatic carbocycles. The third-order valence-electron chi connectivity index (χ3n) is 2.51. The van der Waals surface area contributed by atoms with E-state index in [0.29, 0.717) is 39.4 Å². The molecule has 1 aromatic heterocycles. The Hall–Kier alpha value is -1.27. The summed E-state index contributed by atoms with van der Waals surface area (Å²) in [5.74, 6) is 0.991. The molecule has 0 amide bonds. The first-order chi connectivity index (χ1) is 9.63. The predicted octanol–water partition coefficient (Wildman–Crippen LogP) is 3.20. The fourth-order valence-corrected chi connectivity index (χ4v) is 2.26. The summed E-state index contributed by atoms with van der Waals surface area (Å²) >= 11 is 11.9. The fourth-order valence-electron chi connectivity index (χ4n) is 1.67. The summed E-state index contributed by atoms with van der Waals surface area (Å²) < 4.78 is 15.5. The minimum absolute atomic E-state index is 0.168. The zero-order valence-electron chi connectivity index (χ0n) is 10.7. The summed E-state index contributed by atoms with van der Waals surface area (Å²) in [4.78, 5) is 0. The first-order valence-electron chi connectivity index (χ1n) is 5.79. The number of aliphatic hydroxyl groups is 1. The van der Waals surface area contributed by atoms with Gasteiger partial charge in [0, 0.05) is 23.8 Å². The standard InChI is InChI=1S/C13H13Cl2NO4/c1-18-7-11-4-10(16-20-11)6-19-13-8(5-17)2-9(14)3-12(13)15/h2-4,17H,5-7H2,1H3. The van der Waals surface area contributed by atoms with E-state index in [0.717, 1.165) is 0 Å². The Morgan fingerprint density at radius 3 is 2.75 bits per heavy atom. The second-order valence-corrected chi connectivity index (χ2v) is 4.88. The molecular formula is C13H13Cl2NO4. The first kappa shape index (κ1) is 15.1. The summed E-state index contributed by atoms with van der Waals surface area (Å²) in [7, 11) is 1.57. The molecule has 0 aliphatic rings. The Bertz CT molecular complexity index is 586. The maximum Gasteiger partial charge on any atom is 0.162 e. The van der Waals surface area contributed by atoms with Crippen molar-refractivity contribution in [1.82, 2.24) is 5.16 Å². The van der Waals surface area contributed by atoms with E-state index in [9.17, 15) is 5.11 Å². The van der Waals surface area contributed by atoms with Crippen LogP contribution in [0.3, 0.4) is 0 Å². The fraction of sp³-hybridized carbons (Fsp3) is 0.308. The maximum atomic E-state index is 9.29. The van der Waals surface area contributed by atoms with Gasteiger partial charge in [-0.3, -0.25) is 0 Å². The smallest absolute Gasteiger partial charge is 0.162 e. The Kier molecular flexibility index (Phi) is 5.25. The molecule has 2 aromatic rings. The number of aromatic nitrogens is 1.